The summed E-state index contributed by atoms with van der Waals surface area (Å²) in [4.78, 5) is 38.3. The lowest BCUT2D eigenvalue weighted by Crippen LogP contribution is -2.32. The summed E-state index contributed by atoms with van der Waals surface area (Å²) in [5.74, 6) is -0.237. The molecule has 0 spiro atoms. The highest BCUT2D eigenvalue weighted by molar-refractivity contribution is 7.14. The number of aryl methyl sites for hydroxylation is 1. The van der Waals surface area contributed by atoms with Crippen LogP contribution in [0.2, 0.25) is 0 Å². The van der Waals surface area contributed by atoms with Gasteiger partial charge in [-0.25, -0.2) is 9.59 Å². The minimum absolute atomic E-state index is 0.219. The van der Waals surface area contributed by atoms with Gasteiger partial charge in [0.1, 0.15) is 16.3 Å². The number of ether oxygens (including phenoxy) is 2. The number of carbonyl (C=O) groups excluding carboxylic acids is 2. The summed E-state index contributed by atoms with van der Waals surface area (Å²) in [5.41, 5.74) is 1.34. The molecular formula is C22H21NO6S. The van der Waals surface area contributed by atoms with E-state index >= 15 is 0 Å². The number of hydrogen-bond donors (Lipinski definition) is 0. The molecule has 0 unspecified atom stereocenters. The summed E-state index contributed by atoms with van der Waals surface area (Å²) >= 11 is 1.31. The Morgan fingerprint density at radius 1 is 1.27 bits per heavy atom. The molecule has 3 aromatic rings. The van der Waals surface area contributed by atoms with Crippen molar-refractivity contribution in [3.63, 3.8) is 0 Å². The van der Waals surface area contributed by atoms with Crippen molar-refractivity contribution in [3.05, 3.63) is 57.3 Å². The number of carbonyl (C=O) groups is 2. The van der Waals surface area contributed by atoms with E-state index in [4.69, 9.17) is 13.9 Å². The third-order valence-electron chi connectivity index (χ3n) is 5.05. The zero-order valence-corrected chi connectivity index (χ0v) is 17.5. The van der Waals surface area contributed by atoms with Gasteiger partial charge < -0.3 is 13.9 Å². The molecule has 30 heavy (non-hydrogen) atoms. The Labute approximate surface area is 176 Å². The molecule has 7 nitrogen and oxygen atoms in total. The number of methoxy groups -OCH3 is 1. The molecule has 2 aromatic heterocycles. The molecule has 3 heterocycles. The zero-order chi connectivity index (χ0) is 21.3. The second-order valence-electron chi connectivity index (χ2n) is 7.01. The average Bonchev–Trinajstić information content (AvgIpc) is 3.34. The first-order chi connectivity index (χ1) is 14.5. The van der Waals surface area contributed by atoms with Gasteiger partial charge in [-0.3, -0.25) is 9.69 Å². The Morgan fingerprint density at radius 2 is 2.10 bits per heavy atom. The first kappa shape index (κ1) is 20.2. The van der Waals surface area contributed by atoms with Gasteiger partial charge >= 0.3 is 11.6 Å². The van der Waals surface area contributed by atoms with Crippen LogP contribution in [0.1, 0.15) is 35.7 Å². The number of nitrogens with zero attached hydrogens (tertiary/aromatic N) is 1. The number of anilines is 1. The highest BCUT2D eigenvalue weighted by atomic mass is 32.1. The maximum Gasteiger partial charge on any atom is 0.340 e. The monoisotopic (exact) mass is 427 g/mol. The number of thiophene rings is 1. The Kier molecular flexibility index (Phi) is 5.59. The van der Waals surface area contributed by atoms with Gasteiger partial charge in [-0.15, -0.1) is 11.3 Å². The summed E-state index contributed by atoms with van der Waals surface area (Å²) in [6.07, 6.45) is 1.50. The van der Waals surface area contributed by atoms with Crippen LogP contribution in [-0.2, 0) is 16.0 Å². The van der Waals surface area contributed by atoms with Gasteiger partial charge in [-0.1, -0.05) is 13.3 Å². The van der Waals surface area contributed by atoms with Gasteiger partial charge in [0.25, 0.3) is 5.91 Å². The zero-order valence-electron chi connectivity index (χ0n) is 16.7. The van der Waals surface area contributed by atoms with E-state index in [1.165, 1.54) is 24.5 Å². The van der Waals surface area contributed by atoms with Crippen molar-refractivity contribution in [2.75, 3.05) is 18.6 Å². The Bertz CT molecular complexity index is 1160. The van der Waals surface area contributed by atoms with E-state index in [2.05, 4.69) is 6.92 Å². The summed E-state index contributed by atoms with van der Waals surface area (Å²) in [5, 5.41) is 3.18. The van der Waals surface area contributed by atoms with Crippen molar-refractivity contribution >= 4 is 39.2 Å². The van der Waals surface area contributed by atoms with Gasteiger partial charge in [0.05, 0.1) is 12.7 Å². The van der Waals surface area contributed by atoms with Crippen molar-refractivity contribution in [1.82, 2.24) is 0 Å². The Morgan fingerprint density at radius 3 is 2.87 bits per heavy atom. The standard InChI is InChI=1S/C22H21NO6S/c1-3-4-13-11-19(24)29-18-12-14(5-6-15(13)18)28-17-7-9-23(20(17)25)21-16(8-10-30-21)22(26)27-2/h5-6,8,10-12,17H,3-4,7,9H2,1-2H3/t17-/m1/s1. The largest absolute Gasteiger partial charge is 0.480 e. The van der Waals surface area contributed by atoms with E-state index in [1.807, 2.05) is 6.07 Å². The van der Waals surface area contributed by atoms with Gasteiger partial charge in [0.2, 0.25) is 0 Å². The molecule has 0 N–H and O–H groups in total. The van der Waals surface area contributed by atoms with Gasteiger partial charge in [0.15, 0.2) is 6.10 Å². The Hall–Kier alpha value is -3.13. The summed E-state index contributed by atoms with van der Waals surface area (Å²) in [6, 6.07) is 8.45. The van der Waals surface area contributed by atoms with Crippen molar-refractivity contribution in [2.24, 2.45) is 0 Å². The molecule has 1 aliphatic heterocycles. The predicted molar refractivity (Wildman–Crippen MR) is 114 cm³/mol. The van der Waals surface area contributed by atoms with Crippen LogP contribution in [0.5, 0.6) is 5.75 Å². The van der Waals surface area contributed by atoms with E-state index in [0.29, 0.717) is 34.9 Å². The van der Waals surface area contributed by atoms with E-state index in [1.54, 1.807) is 28.5 Å². The average molecular weight is 427 g/mol. The number of fused-ring (bicyclic) bond motifs is 1. The number of rotatable bonds is 6. The molecule has 0 aliphatic carbocycles. The van der Waals surface area contributed by atoms with Crippen LogP contribution in [0.3, 0.4) is 0 Å². The highest BCUT2D eigenvalue weighted by Crippen LogP contribution is 2.33. The lowest BCUT2D eigenvalue weighted by atomic mass is 10.1. The van der Waals surface area contributed by atoms with Gasteiger partial charge in [-0.2, -0.15) is 0 Å². The van der Waals surface area contributed by atoms with Crippen LogP contribution < -0.4 is 15.3 Å². The van der Waals surface area contributed by atoms with Crippen molar-refractivity contribution < 1.29 is 23.5 Å². The van der Waals surface area contributed by atoms with E-state index in [0.717, 1.165) is 23.8 Å². The van der Waals surface area contributed by atoms with Crippen LogP contribution in [-0.4, -0.2) is 31.6 Å². The van der Waals surface area contributed by atoms with Gasteiger partial charge in [0, 0.05) is 30.5 Å². The van der Waals surface area contributed by atoms with Crippen molar-refractivity contribution in [1.29, 1.82) is 0 Å². The molecule has 0 radical (unpaired) electrons. The highest BCUT2D eigenvalue weighted by Gasteiger charge is 2.37. The maximum absolute atomic E-state index is 12.9. The molecule has 1 fully saturated rings. The second kappa shape index (κ2) is 8.31. The van der Waals surface area contributed by atoms with E-state index in [9.17, 15) is 14.4 Å². The molecule has 4 rings (SSSR count). The third kappa shape index (κ3) is 3.70. The fraction of sp³-hybridized carbons (Fsp3) is 0.318. The lowest BCUT2D eigenvalue weighted by molar-refractivity contribution is -0.122. The minimum atomic E-state index is -0.680. The van der Waals surface area contributed by atoms with E-state index in [-0.39, 0.29) is 5.91 Å². The van der Waals surface area contributed by atoms with E-state index < -0.39 is 17.7 Å². The maximum atomic E-state index is 12.9. The van der Waals surface area contributed by atoms with Gasteiger partial charge in [-0.05, 0) is 35.6 Å². The fourth-order valence-electron chi connectivity index (χ4n) is 3.66. The SMILES string of the molecule is CCCc1cc(=O)oc2cc(O[C@@H]3CCN(c4sccc4C(=O)OC)C3=O)ccc12. The topological polar surface area (TPSA) is 86.1 Å². The molecule has 1 atom stereocenters. The van der Waals surface area contributed by atoms with Crippen LogP contribution >= 0.6 is 11.3 Å². The van der Waals surface area contributed by atoms with Crippen LogP contribution in [0.4, 0.5) is 5.00 Å². The van der Waals surface area contributed by atoms with Crippen molar-refractivity contribution in [3.8, 4) is 5.75 Å². The molecule has 0 bridgehead atoms. The number of hydrogen-bond acceptors (Lipinski definition) is 7. The smallest absolute Gasteiger partial charge is 0.340 e. The first-order valence-electron chi connectivity index (χ1n) is 9.72. The number of benzene rings is 1. The van der Waals surface area contributed by atoms with Crippen LogP contribution in [0.15, 0.2) is 44.9 Å². The molecule has 1 aromatic carbocycles. The third-order valence-corrected chi connectivity index (χ3v) is 5.99. The molecule has 8 heteroatoms. The molecule has 0 saturated carbocycles. The molecule has 156 valence electrons. The Balaban J connectivity index is 1.56. The first-order valence-corrected chi connectivity index (χ1v) is 10.6. The molecule has 1 saturated heterocycles. The van der Waals surface area contributed by atoms with Crippen LogP contribution in [0, 0.1) is 0 Å². The minimum Gasteiger partial charge on any atom is -0.480 e. The number of amides is 1. The fourth-order valence-corrected chi connectivity index (χ4v) is 4.58. The van der Waals surface area contributed by atoms with Crippen molar-refractivity contribution in [2.45, 2.75) is 32.3 Å². The lowest BCUT2D eigenvalue weighted by Gasteiger charge is -2.17. The molecular weight excluding hydrogens is 406 g/mol. The molecule has 1 amide bonds. The quantitative estimate of drug-likeness (QED) is 0.440. The number of esters is 1. The normalized spacial score (nSPS) is 16.3. The van der Waals surface area contributed by atoms with Crippen LogP contribution in [0.25, 0.3) is 11.0 Å². The predicted octanol–water partition coefficient (Wildman–Crippen LogP) is 3.78. The molecule has 1 aliphatic rings. The summed E-state index contributed by atoms with van der Waals surface area (Å²) in [6.45, 7) is 2.49. The second-order valence-corrected chi connectivity index (χ2v) is 7.91. The summed E-state index contributed by atoms with van der Waals surface area (Å²) < 4.78 is 16.1. The summed E-state index contributed by atoms with van der Waals surface area (Å²) in [7, 11) is 1.31.